The summed E-state index contributed by atoms with van der Waals surface area (Å²) in [5, 5.41) is 16.4. The fourth-order valence-electron chi connectivity index (χ4n) is 3.83. The number of hydrogen-bond donors (Lipinski definition) is 5. The number of aromatic hydroxyl groups is 1. The number of carbonyl (C=O) groups is 1. The van der Waals surface area contributed by atoms with Gasteiger partial charge in [-0.2, -0.15) is 15.0 Å². The third kappa shape index (κ3) is 4.78. The number of nitrogen functional groups attached to an aromatic ring is 2. The number of phenolic OH excluding ortho intramolecular Hbond substituents is 1. The molecule has 0 bridgehead atoms. The lowest BCUT2D eigenvalue weighted by Crippen LogP contribution is -2.21. The summed E-state index contributed by atoms with van der Waals surface area (Å²) in [5.41, 5.74) is 13.5. The fourth-order valence-corrected chi connectivity index (χ4v) is 4.04. The zero-order valence-electron chi connectivity index (χ0n) is 18.8. The molecule has 0 unspecified atom stereocenters. The standard InChI is InChI=1S/C24H17N7O5S/c25-21-28-22(26)30-23(29-21)31-24(37)27-11-1-4-14(17(7-11)35-10-32)20-15-5-2-12(33)8-18(15)36-19-9-13(34)3-6-16(19)20/h1-10,33H,(H6,25,26,27,28,29,30,31,37). The Morgan fingerprint density at radius 2 is 1.73 bits per heavy atom. The van der Waals surface area contributed by atoms with E-state index >= 15 is 0 Å². The number of nitrogens with two attached hydrogens (primary N) is 2. The van der Waals surface area contributed by atoms with Crippen molar-refractivity contribution in [2.24, 2.45) is 0 Å². The molecule has 0 radical (unpaired) electrons. The van der Waals surface area contributed by atoms with Crippen LogP contribution in [0.25, 0.3) is 33.4 Å². The summed E-state index contributed by atoms with van der Waals surface area (Å²) in [4.78, 5) is 34.9. The second kappa shape index (κ2) is 9.39. The fraction of sp³-hybridized carbons (Fsp3) is 0. The SMILES string of the molecule is Nc1nc(N)nc(NC(=S)Nc2ccc(-c3c4ccc(=O)cc-4oc4cc(O)ccc34)c(OC=O)c2)n1. The summed E-state index contributed by atoms with van der Waals surface area (Å²) in [7, 11) is 0. The number of anilines is 4. The topological polar surface area (TPSA) is 192 Å². The van der Waals surface area contributed by atoms with E-state index in [0.717, 1.165) is 0 Å². The Morgan fingerprint density at radius 1 is 0.973 bits per heavy atom. The van der Waals surface area contributed by atoms with Gasteiger partial charge in [0.2, 0.25) is 17.8 Å². The normalized spacial score (nSPS) is 10.8. The van der Waals surface area contributed by atoms with Gasteiger partial charge in [0.1, 0.15) is 22.8 Å². The van der Waals surface area contributed by atoms with Gasteiger partial charge in [-0.1, -0.05) is 0 Å². The van der Waals surface area contributed by atoms with Crippen LogP contribution >= 0.6 is 12.2 Å². The molecule has 0 saturated heterocycles. The van der Waals surface area contributed by atoms with Crippen LogP contribution in [0.5, 0.6) is 11.5 Å². The molecule has 1 aromatic heterocycles. The van der Waals surface area contributed by atoms with Crippen molar-refractivity contribution in [1.29, 1.82) is 0 Å². The number of rotatable bonds is 5. The molecule has 13 heteroatoms. The number of ether oxygens (including phenoxy) is 1. The maximum Gasteiger partial charge on any atom is 0.298 e. The Bertz CT molecular complexity index is 1700. The van der Waals surface area contributed by atoms with Crippen molar-refractivity contribution in [3.8, 4) is 33.9 Å². The van der Waals surface area contributed by atoms with Crippen molar-refractivity contribution in [2.75, 3.05) is 22.1 Å². The van der Waals surface area contributed by atoms with E-state index < -0.39 is 0 Å². The van der Waals surface area contributed by atoms with Crippen molar-refractivity contribution in [3.05, 3.63) is 64.8 Å². The van der Waals surface area contributed by atoms with E-state index in [2.05, 4.69) is 25.6 Å². The van der Waals surface area contributed by atoms with E-state index in [9.17, 15) is 14.7 Å². The molecule has 0 spiro atoms. The highest BCUT2D eigenvalue weighted by Crippen LogP contribution is 2.44. The first kappa shape index (κ1) is 23.4. The van der Waals surface area contributed by atoms with Gasteiger partial charge in [-0.15, -0.1) is 0 Å². The quantitative estimate of drug-likeness (QED) is 0.130. The summed E-state index contributed by atoms with van der Waals surface area (Å²) in [5.74, 6) is 0.401. The number of hydrogen-bond acceptors (Lipinski definition) is 11. The Morgan fingerprint density at radius 3 is 2.49 bits per heavy atom. The molecule has 5 rings (SSSR count). The van der Waals surface area contributed by atoms with E-state index in [-0.39, 0.29) is 39.9 Å². The van der Waals surface area contributed by atoms with Crippen LogP contribution in [0.2, 0.25) is 0 Å². The molecule has 184 valence electrons. The molecular weight excluding hydrogens is 498 g/mol. The number of nitrogens with one attached hydrogen (secondary N) is 2. The number of phenols is 1. The molecule has 7 N–H and O–H groups in total. The Labute approximate surface area is 213 Å². The molecule has 1 aliphatic heterocycles. The lowest BCUT2D eigenvalue weighted by Gasteiger charge is -2.18. The van der Waals surface area contributed by atoms with Crippen LogP contribution in [0, 0.1) is 0 Å². The largest absolute Gasteiger partial charge is 0.508 e. The highest BCUT2D eigenvalue weighted by atomic mass is 32.1. The minimum absolute atomic E-state index is 0.00792. The molecule has 2 aromatic carbocycles. The second-order valence-electron chi connectivity index (χ2n) is 7.70. The average Bonchev–Trinajstić information content (AvgIpc) is 2.82. The van der Waals surface area contributed by atoms with Crippen molar-refractivity contribution < 1.29 is 19.1 Å². The lowest BCUT2D eigenvalue weighted by molar-refractivity contribution is -0.120. The molecule has 0 saturated carbocycles. The number of thiocarbonyl (C=S) groups is 1. The van der Waals surface area contributed by atoms with Crippen molar-refractivity contribution in [1.82, 2.24) is 15.0 Å². The number of carbonyl (C=O) groups excluding carboxylic acids is 1. The van der Waals surface area contributed by atoms with E-state index in [1.54, 1.807) is 30.3 Å². The van der Waals surface area contributed by atoms with Crippen molar-refractivity contribution in [2.45, 2.75) is 0 Å². The van der Waals surface area contributed by atoms with Gasteiger partial charge in [0.15, 0.2) is 10.5 Å². The Hall–Kier alpha value is -5.30. The lowest BCUT2D eigenvalue weighted by atomic mass is 9.93. The van der Waals surface area contributed by atoms with Crippen LogP contribution in [-0.2, 0) is 4.79 Å². The minimum atomic E-state index is -0.242. The van der Waals surface area contributed by atoms with E-state index in [1.807, 2.05) is 0 Å². The first-order valence-corrected chi connectivity index (χ1v) is 11.0. The van der Waals surface area contributed by atoms with Crippen LogP contribution in [0.4, 0.5) is 23.5 Å². The van der Waals surface area contributed by atoms with Gasteiger partial charge >= 0.3 is 0 Å². The number of aromatic nitrogens is 3. The molecule has 0 fully saturated rings. The molecule has 0 atom stereocenters. The van der Waals surface area contributed by atoms with Crippen LogP contribution in [0.15, 0.2) is 63.8 Å². The van der Waals surface area contributed by atoms with E-state index in [1.165, 1.54) is 24.3 Å². The maximum atomic E-state index is 12.0. The minimum Gasteiger partial charge on any atom is -0.508 e. The van der Waals surface area contributed by atoms with Crippen molar-refractivity contribution in [3.63, 3.8) is 0 Å². The van der Waals surface area contributed by atoms with Crippen LogP contribution in [0.1, 0.15) is 0 Å². The third-order valence-corrected chi connectivity index (χ3v) is 5.46. The molecule has 12 nitrogen and oxygen atoms in total. The maximum absolute atomic E-state index is 12.0. The predicted molar refractivity (Wildman–Crippen MR) is 141 cm³/mol. The predicted octanol–water partition coefficient (Wildman–Crippen LogP) is 2.96. The monoisotopic (exact) mass is 515 g/mol. The van der Waals surface area contributed by atoms with Gasteiger partial charge in [0, 0.05) is 46.0 Å². The third-order valence-electron chi connectivity index (χ3n) is 5.26. The molecule has 2 aliphatic rings. The zero-order chi connectivity index (χ0) is 26.1. The number of fused-ring (bicyclic) bond motifs is 2. The van der Waals surface area contributed by atoms with Crippen LogP contribution < -0.4 is 32.3 Å². The smallest absolute Gasteiger partial charge is 0.298 e. The number of benzene rings is 3. The van der Waals surface area contributed by atoms with E-state index in [4.69, 9.17) is 32.8 Å². The highest BCUT2D eigenvalue weighted by molar-refractivity contribution is 7.80. The molecule has 1 aliphatic carbocycles. The molecule has 37 heavy (non-hydrogen) atoms. The summed E-state index contributed by atoms with van der Waals surface area (Å²) >= 11 is 5.31. The summed E-state index contributed by atoms with van der Waals surface area (Å²) < 4.78 is 11.2. The first-order chi connectivity index (χ1) is 17.8. The summed E-state index contributed by atoms with van der Waals surface area (Å²) in [6.07, 6.45) is 0. The molecule has 0 amide bonds. The van der Waals surface area contributed by atoms with Crippen LogP contribution in [0.3, 0.4) is 0 Å². The van der Waals surface area contributed by atoms with E-state index in [0.29, 0.717) is 45.6 Å². The summed E-state index contributed by atoms with van der Waals surface area (Å²) in [6, 6.07) is 14.0. The molecule has 2 heterocycles. The highest BCUT2D eigenvalue weighted by Gasteiger charge is 2.21. The van der Waals surface area contributed by atoms with Gasteiger partial charge in [-0.3, -0.25) is 9.59 Å². The summed E-state index contributed by atoms with van der Waals surface area (Å²) in [6.45, 7) is 0.300. The Kier molecular flexibility index (Phi) is 5.95. The van der Waals surface area contributed by atoms with Gasteiger partial charge in [0.05, 0.1) is 0 Å². The Balaban J connectivity index is 1.58. The molecule has 3 aromatic rings. The number of nitrogens with zero attached hydrogens (tertiary/aromatic N) is 3. The van der Waals surface area contributed by atoms with Gasteiger partial charge in [-0.05, 0) is 48.6 Å². The van der Waals surface area contributed by atoms with Gasteiger partial charge in [0.25, 0.3) is 6.47 Å². The molecular formula is C24H17N7O5S. The van der Waals surface area contributed by atoms with Crippen molar-refractivity contribution >= 4 is 58.3 Å². The second-order valence-corrected chi connectivity index (χ2v) is 8.10. The zero-order valence-corrected chi connectivity index (χ0v) is 19.6. The first-order valence-electron chi connectivity index (χ1n) is 10.6. The average molecular weight is 516 g/mol. The van der Waals surface area contributed by atoms with Gasteiger partial charge < -0.3 is 36.4 Å². The van der Waals surface area contributed by atoms with Crippen LogP contribution in [-0.4, -0.2) is 31.6 Å². The van der Waals surface area contributed by atoms with Gasteiger partial charge in [-0.25, -0.2) is 0 Å².